The second kappa shape index (κ2) is 8.56. The third kappa shape index (κ3) is 5.42. The number of amides is 1. The quantitative estimate of drug-likeness (QED) is 0.757. The number of aryl methyl sites for hydroxylation is 1. The highest BCUT2D eigenvalue weighted by Crippen LogP contribution is 2.21. The summed E-state index contributed by atoms with van der Waals surface area (Å²) in [4.78, 5) is 24.2. The molecule has 0 aliphatic rings. The minimum absolute atomic E-state index is 0.162. The average molecular weight is 390 g/mol. The van der Waals surface area contributed by atoms with E-state index in [1.807, 2.05) is 32.3 Å². The van der Waals surface area contributed by atoms with Crippen molar-refractivity contribution in [2.45, 2.75) is 52.7 Å². The van der Waals surface area contributed by atoms with Crippen LogP contribution >= 0.6 is 0 Å². The van der Waals surface area contributed by atoms with Crippen LogP contribution in [0.25, 0.3) is 5.69 Å². The number of nitrogens with zero attached hydrogens (tertiary/aromatic N) is 1. The minimum atomic E-state index is -1.11. The van der Waals surface area contributed by atoms with Gasteiger partial charge in [-0.2, -0.15) is 0 Å². The molecule has 0 fully saturated rings. The molecule has 0 aliphatic carbocycles. The monoisotopic (exact) mass is 390 g/mol. The Hall–Kier alpha value is -2.67. The zero-order valence-corrected chi connectivity index (χ0v) is 16.9. The number of aromatic nitrogens is 1. The van der Waals surface area contributed by atoms with Gasteiger partial charge >= 0.3 is 5.97 Å². The van der Waals surface area contributed by atoms with Gasteiger partial charge < -0.3 is 19.7 Å². The molecule has 1 amide bonds. The van der Waals surface area contributed by atoms with E-state index < -0.39 is 17.9 Å². The molecule has 0 aliphatic heterocycles. The van der Waals surface area contributed by atoms with Crippen LogP contribution in [0.4, 0.5) is 4.39 Å². The lowest BCUT2D eigenvalue weighted by Crippen LogP contribution is -2.42. The largest absolute Gasteiger partial charge is 0.480 e. The molecule has 1 heterocycles. The molecule has 28 heavy (non-hydrogen) atoms. The lowest BCUT2D eigenvalue weighted by Gasteiger charge is -2.21. The molecule has 1 atom stereocenters. The first kappa shape index (κ1) is 21.6. The normalized spacial score (nSPS) is 12.6. The first-order valence-corrected chi connectivity index (χ1v) is 9.12. The van der Waals surface area contributed by atoms with E-state index in [9.17, 15) is 19.1 Å². The van der Waals surface area contributed by atoms with Gasteiger partial charge in [0, 0.05) is 30.1 Å². The first-order valence-electron chi connectivity index (χ1n) is 9.12. The standard InChI is InChI=1S/C21H27FN2O4/c1-13-12-17(14(2)24(13)16-8-6-15(22)7-9-16)19(25)23-18(20(26)27)10-11-28-21(3,4)5/h6-9,12,18H,10-11H2,1-5H3,(H,23,25)(H,26,27). The van der Waals surface area contributed by atoms with Crippen LogP contribution in [0, 0.1) is 19.7 Å². The lowest BCUT2D eigenvalue weighted by atomic mass is 10.1. The fourth-order valence-electron chi connectivity index (χ4n) is 2.96. The molecular formula is C21H27FN2O4. The summed E-state index contributed by atoms with van der Waals surface area (Å²) in [6.07, 6.45) is 0.162. The van der Waals surface area contributed by atoms with Crippen molar-refractivity contribution >= 4 is 11.9 Å². The van der Waals surface area contributed by atoms with Crippen LogP contribution in [0.2, 0.25) is 0 Å². The lowest BCUT2D eigenvalue weighted by molar-refractivity contribution is -0.140. The Morgan fingerprint density at radius 1 is 1.21 bits per heavy atom. The molecule has 0 saturated heterocycles. The maximum Gasteiger partial charge on any atom is 0.326 e. The molecule has 1 aromatic carbocycles. The Labute approximate surface area is 164 Å². The summed E-state index contributed by atoms with van der Waals surface area (Å²) in [5.41, 5.74) is 2.16. The number of carboxylic acid groups (broad SMARTS) is 1. The van der Waals surface area contributed by atoms with Gasteiger partial charge in [0.05, 0.1) is 11.2 Å². The van der Waals surface area contributed by atoms with Crippen LogP contribution in [0.3, 0.4) is 0 Å². The fourth-order valence-corrected chi connectivity index (χ4v) is 2.96. The number of ether oxygens (including phenoxy) is 1. The van der Waals surface area contributed by atoms with Crippen molar-refractivity contribution in [2.24, 2.45) is 0 Å². The van der Waals surface area contributed by atoms with Gasteiger partial charge in [-0.3, -0.25) is 4.79 Å². The average Bonchev–Trinajstić information content (AvgIpc) is 2.88. The molecule has 0 saturated carbocycles. The Balaban J connectivity index is 2.18. The Kier molecular flexibility index (Phi) is 6.61. The molecular weight excluding hydrogens is 363 g/mol. The van der Waals surface area contributed by atoms with E-state index in [2.05, 4.69) is 5.32 Å². The van der Waals surface area contributed by atoms with Crippen LogP contribution in [0.5, 0.6) is 0 Å². The highest BCUT2D eigenvalue weighted by molar-refractivity contribution is 5.98. The summed E-state index contributed by atoms with van der Waals surface area (Å²) in [5, 5.41) is 12.0. The van der Waals surface area contributed by atoms with Crippen molar-refractivity contribution in [3.05, 3.63) is 53.1 Å². The maximum atomic E-state index is 13.2. The molecule has 7 heteroatoms. The van der Waals surface area contributed by atoms with Crippen LogP contribution < -0.4 is 5.32 Å². The molecule has 2 N–H and O–H groups in total. The number of carboxylic acids is 1. The third-order valence-electron chi connectivity index (χ3n) is 4.31. The van der Waals surface area contributed by atoms with E-state index in [1.54, 1.807) is 25.1 Å². The third-order valence-corrected chi connectivity index (χ3v) is 4.31. The summed E-state index contributed by atoms with van der Waals surface area (Å²) in [7, 11) is 0. The SMILES string of the molecule is Cc1cc(C(=O)NC(CCOC(C)(C)C)C(=O)O)c(C)n1-c1ccc(F)cc1. The molecule has 152 valence electrons. The molecule has 1 unspecified atom stereocenters. The van der Waals surface area contributed by atoms with Crippen molar-refractivity contribution in [2.75, 3.05) is 6.61 Å². The van der Waals surface area contributed by atoms with E-state index in [-0.39, 0.29) is 24.4 Å². The number of rotatable bonds is 7. The fraction of sp³-hybridized carbons (Fsp3) is 0.429. The number of hydrogen-bond acceptors (Lipinski definition) is 3. The second-order valence-electron chi connectivity index (χ2n) is 7.71. The Morgan fingerprint density at radius 2 is 1.82 bits per heavy atom. The van der Waals surface area contributed by atoms with Gasteiger partial charge in [-0.05, 0) is 65.0 Å². The van der Waals surface area contributed by atoms with Gasteiger partial charge in [-0.25, -0.2) is 9.18 Å². The van der Waals surface area contributed by atoms with Crippen LogP contribution in [0.15, 0.2) is 30.3 Å². The predicted octanol–water partition coefficient (Wildman–Crippen LogP) is 3.62. The van der Waals surface area contributed by atoms with Crippen LogP contribution in [-0.2, 0) is 9.53 Å². The van der Waals surface area contributed by atoms with Gasteiger partial charge in [-0.15, -0.1) is 0 Å². The van der Waals surface area contributed by atoms with Gasteiger partial charge in [0.15, 0.2) is 0 Å². The molecule has 0 radical (unpaired) electrons. The number of carbonyl (C=O) groups is 2. The minimum Gasteiger partial charge on any atom is -0.480 e. The molecule has 1 aromatic heterocycles. The number of halogens is 1. The topological polar surface area (TPSA) is 80.6 Å². The maximum absolute atomic E-state index is 13.2. The second-order valence-corrected chi connectivity index (χ2v) is 7.71. The van der Waals surface area contributed by atoms with Gasteiger partial charge in [0.25, 0.3) is 5.91 Å². The number of nitrogens with one attached hydrogen (secondary N) is 1. The van der Waals surface area contributed by atoms with E-state index in [0.29, 0.717) is 11.3 Å². The highest BCUT2D eigenvalue weighted by atomic mass is 19.1. The summed E-state index contributed by atoms with van der Waals surface area (Å²) < 4.78 is 20.6. The van der Waals surface area contributed by atoms with E-state index in [0.717, 1.165) is 11.4 Å². The predicted molar refractivity (Wildman–Crippen MR) is 104 cm³/mol. The highest BCUT2D eigenvalue weighted by Gasteiger charge is 2.24. The van der Waals surface area contributed by atoms with Crippen molar-refractivity contribution in [3.8, 4) is 5.69 Å². The van der Waals surface area contributed by atoms with Crippen molar-refractivity contribution in [1.29, 1.82) is 0 Å². The Morgan fingerprint density at radius 3 is 2.36 bits per heavy atom. The van der Waals surface area contributed by atoms with E-state index in [1.165, 1.54) is 12.1 Å². The number of hydrogen-bond donors (Lipinski definition) is 2. The smallest absolute Gasteiger partial charge is 0.326 e. The van der Waals surface area contributed by atoms with Crippen LogP contribution in [0.1, 0.15) is 48.9 Å². The molecule has 6 nitrogen and oxygen atoms in total. The van der Waals surface area contributed by atoms with Gasteiger partial charge in [0.2, 0.25) is 0 Å². The van der Waals surface area contributed by atoms with E-state index >= 15 is 0 Å². The molecule has 0 bridgehead atoms. The van der Waals surface area contributed by atoms with Crippen molar-refractivity contribution in [3.63, 3.8) is 0 Å². The van der Waals surface area contributed by atoms with Gasteiger partial charge in [-0.1, -0.05) is 0 Å². The van der Waals surface area contributed by atoms with Crippen molar-refractivity contribution in [1.82, 2.24) is 9.88 Å². The first-order chi connectivity index (χ1) is 13.0. The van der Waals surface area contributed by atoms with E-state index in [4.69, 9.17) is 4.74 Å². The summed E-state index contributed by atoms with van der Waals surface area (Å²) >= 11 is 0. The van der Waals surface area contributed by atoms with Crippen molar-refractivity contribution < 1.29 is 23.8 Å². The summed E-state index contributed by atoms with van der Waals surface area (Å²) in [6.45, 7) is 9.46. The summed E-state index contributed by atoms with van der Waals surface area (Å²) in [5.74, 6) is -1.92. The van der Waals surface area contributed by atoms with Crippen LogP contribution in [-0.4, -0.2) is 39.8 Å². The zero-order chi connectivity index (χ0) is 21.1. The molecule has 2 rings (SSSR count). The van der Waals surface area contributed by atoms with Gasteiger partial charge in [0.1, 0.15) is 11.9 Å². The molecule has 2 aromatic rings. The number of aliphatic carboxylic acids is 1. The Bertz CT molecular complexity index is 851. The molecule has 0 spiro atoms. The summed E-state index contributed by atoms with van der Waals surface area (Å²) in [6, 6.07) is 6.59. The zero-order valence-electron chi connectivity index (χ0n) is 16.9. The number of benzene rings is 1. The number of carbonyl (C=O) groups excluding carboxylic acids is 1.